The highest BCUT2D eigenvalue weighted by Crippen LogP contribution is 2.37. The van der Waals surface area contributed by atoms with E-state index in [2.05, 4.69) is 83.2 Å². The molecule has 0 fully saturated rings. The minimum absolute atomic E-state index is 1.16. The lowest BCUT2D eigenvalue weighted by molar-refractivity contribution is 1.39. The van der Waals surface area contributed by atoms with Gasteiger partial charge in [0.25, 0.3) is 0 Å². The second-order valence-corrected chi connectivity index (χ2v) is 6.13. The molecule has 0 atom stereocenters. The van der Waals surface area contributed by atoms with E-state index in [-0.39, 0.29) is 0 Å². The van der Waals surface area contributed by atoms with Crippen molar-refractivity contribution in [1.82, 2.24) is 4.98 Å². The molecule has 22 heavy (non-hydrogen) atoms. The minimum atomic E-state index is 1.16. The minimum Gasteiger partial charge on any atom is -0.354 e. The average Bonchev–Trinajstić information content (AvgIpc) is 3.26. The van der Waals surface area contributed by atoms with Gasteiger partial charge in [-0.1, -0.05) is 66.7 Å². The van der Waals surface area contributed by atoms with E-state index in [9.17, 15) is 0 Å². The Balaban J connectivity index is 1.91. The molecule has 0 amide bonds. The van der Waals surface area contributed by atoms with E-state index in [1.54, 1.807) is 11.3 Å². The smallest absolute Gasteiger partial charge is 0.0546 e. The van der Waals surface area contributed by atoms with Crippen LogP contribution in [0.5, 0.6) is 0 Å². The molecular weight excluding hydrogens is 286 g/mol. The molecule has 0 aliphatic heterocycles. The lowest BCUT2D eigenvalue weighted by atomic mass is 10.1. The molecule has 4 aromatic rings. The van der Waals surface area contributed by atoms with Crippen molar-refractivity contribution < 1.29 is 0 Å². The molecule has 0 saturated carbocycles. The van der Waals surface area contributed by atoms with Gasteiger partial charge in [0.05, 0.1) is 5.69 Å². The van der Waals surface area contributed by atoms with Crippen LogP contribution in [0.15, 0.2) is 84.2 Å². The largest absolute Gasteiger partial charge is 0.354 e. The van der Waals surface area contributed by atoms with E-state index in [0.29, 0.717) is 0 Å². The lowest BCUT2D eigenvalue weighted by Crippen LogP contribution is -1.80. The zero-order chi connectivity index (χ0) is 14.8. The van der Waals surface area contributed by atoms with E-state index in [4.69, 9.17) is 0 Å². The topological polar surface area (TPSA) is 15.8 Å². The third-order valence-electron chi connectivity index (χ3n) is 3.75. The Morgan fingerprint density at radius 2 is 1.36 bits per heavy atom. The summed E-state index contributed by atoms with van der Waals surface area (Å²) in [5.41, 5.74) is 6.03. The van der Waals surface area contributed by atoms with Crippen molar-refractivity contribution in [2.75, 3.05) is 0 Å². The number of aromatic nitrogens is 1. The monoisotopic (exact) mass is 301 g/mol. The van der Waals surface area contributed by atoms with Crippen LogP contribution in [-0.4, -0.2) is 4.98 Å². The third kappa shape index (κ3) is 2.38. The van der Waals surface area contributed by atoms with Crippen LogP contribution in [0.2, 0.25) is 0 Å². The molecule has 2 heteroatoms. The van der Waals surface area contributed by atoms with Crippen molar-refractivity contribution in [2.45, 2.75) is 0 Å². The van der Waals surface area contributed by atoms with Gasteiger partial charge < -0.3 is 4.98 Å². The van der Waals surface area contributed by atoms with Gasteiger partial charge in [-0.3, -0.25) is 0 Å². The first kappa shape index (κ1) is 13.1. The predicted octanol–water partition coefficient (Wildman–Crippen LogP) is 6.08. The van der Waals surface area contributed by atoms with E-state index < -0.39 is 0 Å². The molecule has 0 spiro atoms. The van der Waals surface area contributed by atoms with Gasteiger partial charge in [0.1, 0.15) is 0 Å². The summed E-state index contributed by atoms with van der Waals surface area (Å²) in [5, 5.41) is 2.12. The van der Waals surface area contributed by atoms with E-state index >= 15 is 0 Å². The number of nitrogens with one attached hydrogen (secondary N) is 1. The molecule has 1 N–H and O–H groups in total. The number of H-pyrrole nitrogens is 1. The zero-order valence-electron chi connectivity index (χ0n) is 12.0. The molecule has 0 saturated heterocycles. The first-order chi connectivity index (χ1) is 10.9. The molecule has 0 radical (unpaired) electrons. The number of thiophene rings is 1. The van der Waals surface area contributed by atoms with Crippen molar-refractivity contribution in [3.63, 3.8) is 0 Å². The fourth-order valence-electron chi connectivity index (χ4n) is 2.69. The Morgan fingerprint density at radius 3 is 2.00 bits per heavy atom. The molecular formula is C20H15NS. The molecule has 106 valence electrons. The van der Waals surface area contributed by atoms with Crippen molar-refractivity contribution in [2.24, 2.45) is 0 Å². The van der Waals surface area contributed by atoms with Crippen LogP contribution in [0, 0.1) is 0 Å². The number of rotatable bonds is 3. The maximum Gasteiger partial charge on any atom is 0.0546 e. The van der Waals surface area contributed by atoms with E-state index in [1.807, 2.05) is 6.07 Å². The number of hydrogen-bond donors (Lipinski definition) is 1. The number of aromatic amines is 1. The van der Waals surface area contributed by atoms with Crippen molar-refractivity contribution in [1.29, 1.82) is 0 Å². The Kier molecular flexibility index (Phi) is 3.37. The van der Waals surface area contributed by atoms with Crippen LogP contribution in [0.3, 0.4) is 0 Å². The maximum absolute atomic E-state index is 3.61. The summed E-state index contributed by atoms with van der Waals surface area (Å²) in [4.78, 5) is 4.90. The second-order valence-electron chi connectivity index (χ2n) is 5.18. The van der Waals surface area contributed by atoms with Gasteiger partial charge >= 0.3 is 0 Å². The summed E-state index contributed by atoms with van der Waals surface area (Å²) in [6, 6.07) is 27.5. The molecule has 1 nitrogen and oxygen atoms in total. The molecule has 0 aliphatic rings. The highest BCUT2D eigenvalue weighted by Gasteiger charge is 2.13. The number of benzene rings is 2. The summed E-state index contributed by atoms with van der Waals surface area (Å²) in [6.07, 6.45) is 0. The van der Waals surface area contributed by atoms with Crippen molar-refractivity contribution >= 4 is 11.3 Å². The van der Waals surface area contributed by atoms with Gasteiger partial charge in [0, 0.05) is 16.1 Å². The van der Waals surface area contributed by atoms with E-state index in [0.717, 1.165) is 5.69 Å². The summed E-state index contributed by atoms with van der Waals surface area (Å²) in [5.74, 6) is 0. The zero-order valence-corrected chi connectivity index (χ0v) is 12.8. The van der Waals surface area contributed by atoms with Gasteiger partial charge in [-0.05, 0) is 28.6 Å². The molecule has 4 rings (SSSR count). The predicted molar refractivity (Wildman–Crippen MR) is 95.0 cm³/mol. The molecule has 0 unspecified atom stereocenters. The number of hydrogen-bond acceptors (Lipinski definition) is 1. The van der Waals surface area contributed by atoms with Crippen LogP contribution in [0.1, 0.15) is 0 Å². The first-order valence-electron chi connectivity index (χ1n) is 7.29. The normalized spacial score (nSPS) is 10.7. The third-order valence-corrected chi connectivity index (χ3v) is 4.65. The fourth-order valence-corrected chi connectivity index (χ4v) is 3.44. The van der Waals surface area contributed by atoms with Gasteiger partial charge in [0.15, 0.2) is 0 Å². The van der Waals surface area contributed by atoms with Gasteiger partial charge in [0.2, 0.25) is 0 Å². The standard InChI is InChI=1S/C20H15NS/c1-3-8-15(9-4-1)18-14-17(19-12-7-13-22-19)20(21-18)16-10-5-2-6-11-16/h1-14,21H. The summed E-state index contributed by atoms with van der Waals surface area (Å²) < 4.78 is 0. The fraction of sp³-hybridized carbons (Fsp3) is 0. The van der Waals surface area contributed by atoms with Gasteiger partial charge in [-0.25, -0.2) is 0 Å². The second kappa shape index (κ2) is 5.66. The Hall–Kier alpha value is -2.58. The maximum atomic E-state index is 3.61. The highest BCUT2D eigenvalue weighted by molar-refractivity contribution is 7.13. The van der Waals surface area contributed by atoms with Crippen molar-refractivity contribution in [3.8, 4) is 33.0 Å². The molecule has 2 aromatic heterocycles. The molecule has 0 aliphatic carbocycles. The Morgan fingerprint density at radius 1 is 0.682 bits per heavy atom. The van der Waals surface area contributed by atoms with Crippen LogP contribution in [0.25, 0.3) is 33.0 Å². The summed E-state index contributed by atoms with van der Waals surface area (Å²) in [6.45, 7) is 0. The van der Waals surface area contributed by atoms with Crippen LogP contribution in [0.4, 0.5) is 0 Å². The van der Waals surface area contributed by atoms with Gasteiger partial charge in [-0.2, -0.15) is 0 Å². The average molecular weight is 301 g/mol. The van der Waals surface area contributed by atoms with E-state index in [1.165, 1.54) is 27.3 Å². The van der Waals surface area contributed by atoms with Crippen LogP contribution >= 0.6 is 11.3 Å². The molecule has 2 aromatic carbocycles. The van der Waals surface area contributed by atoms with Crippen LogP contribution < -0.4 is 0 Å². The summed E-state index contributed by atoms with van der Waals surface area (Å²) in [7, 11) is 0. The lowest BCUT2D eigenvalue weighted by Gasteiger charge is -2.02. The van der Waals surface area contributed by atoms with Crippen molar-refractivity contribution in [3.05, 3.63) is 84.2 Å². The van der Waals surface area contributed by atoms with Crippen LogP contribution in [-0.2, 0) is 0 Å². The Labute approximate surface area is 133 Å². The Bertz CT molecular complexity index is 859. The first-order valence-corrected chi connectivity index (χ1v) is 8.17. The van der Waals surface area contributed by atoms with Gasteiger partial charge in [-0.15, -0.1) is 11.3 Å². The molecule has 2 heterocycles. The quantitative estimate of drug-likeness (QED) is 0.472. The SMILES string of the molecule is c1ccc(-c2cc(-c3cccs3)c(-c3ccccc3)[nH]2)cc1. The highest BCUT2D eigenvalue weighted by atomic mass is 32.1. The molecule has 0 bridgehead atoms. The summed E-state index contributed by atoms with van der Waals surface area (Å²) >= 11 is 1.77.